The number of terminal acetylenes is 1. The lowest BCUT2D eigenvalue weighted by Gasteiger charge is -2.08. The van der Waals surface area contributed by atoms with Crippen molar-refractivity contribution in [3.05, 3.63) is 27.7 Å². The van der Waals surface area contributed by atoms with E-state index in [1.54, 1.807) is 0 Å². The SMILES string of the molecule is C#CCCS(=O)(=O)c1ccc(Cl)c(C(=O)O)c1Cl. The summed E-state index contributed by atoms with van der Waals surface area (Å²) in [6, 6.07) is 2.35. The van der Waals surface area contributed by atoms with Gasteiger partial charge in [0.25, 0.3) is 0 Å². The van der Waals surface area contributed by atoms with Crippen molar-refractivity contribution < 1.29 is 18.3 Å². The first-order valence-corrected chi connectivity index (χ1v) is 7.09. The average Bonchev–Trinajstić information content (AvgIpc) is 2.25. The number of hydrogen-bond acceptors (Lipinski definition) is 3. The van der Waals surface area contributed by atoms with Gasteiger partial charge in [0.2, 0.25) is 0 Å². The van der Waals surface area contributed by atoms with Crippen LogP contribution in [0.15, 0.2) is 17.0 Å². The minimum Gasteiger partial charge on any atom is -0.478 e. The van der Waals surface area contributed by atoms with E-state index in [1.165, 1.54) is 12.1 Å². The van der Waals surface area contributed by atoms with Gasteiger partial charge in [0.05, 0.1) is 26.3 Å². The highest BCUT2D eigenvalue weighted by Gasteiger charge is 2.24. The molecule has 0 amide bonds. The van der Waals surface area contributed by atoms with E-state index in [0.29, 0.717) is 0 Å². The summed E-state index contributed by atoms with van der Waals surface area (Å²) in [6.45, 7) is 0. The average molecular weight is 307 g/mol. The Bertz CT molecular complexity index is 629. The molecule has 7 heteroatoms. The molecular formula is C11H8Cl2O4S. The molecule has 1 aromatic carbocycles. The largest absolute Gasteiger partial charge is 0.478 e. The fraction of sp³-hybridized carbons (Fsp3) is 0.182. The van der Waals surface area contributed by atoms with Gasteiger partial charge in [0, 0.05) is 6.42 Å². The molecule has 0 aliphatic rings. The van der Waals surface area contributed by atoms with E-state index >= 15 is 0 Å². The summed E-state index contributed by atoms with van der Waals surface area (Å²) in [5, 5.41) is 8.40. The van der Waals surface area contributed by atoms with Crippen molar-refractivity contribution in [2.75, 3.05) is 5.75 Å². The molecule has 0 saturated heterocycles. The molecule has 0 bridgehead atoms. The van der Waals surface area contributed by atoms with Gasteiger partial charge in [-0.25, -0.2) is 13.2 Å². The lowest BCUT2D eigenvalue weighted by molar-refractivity contribution is 0.0697. The number of sulfone groups is 1. The van der Waals surface area contributed by atoms with Crippen molar-refractivity contribution in [1.29, 1.82) is 0 Å². The predicted octanol–water partition coefficient (Wildman–Crippen LogP) is 2.49. The summed E-state index contributed by atoms with van der Waals surface area (Å²) in [6.07, 6.45) is 5.01. The number of carboxylic acids is 1. The highest BCUT2D eigenvalue weighted by atomic mass is 35.5. The van der Waals surface area contributed by atoms with Gasteiger partial charge in [-0.3, -0.25) is 0 Å². The molecule has 4 nitrogen and oxygen atoms in total. The highest BCUT2D eigenvalue weighted by Crippen LogP contribution is 2.31. The summed E-state index contributed by atoms with van der Waals surface area (Å²) in [5.41, 5.74) is -0.430. The molecule has 0 atom stereocenters. The van der Waals surface area contributed by atoms with Gasteiger partial charge in [0.15, 0.2) is 9.84 Å². The molecule has 96 valence electrons. The second-order valence-electron chi connectivity index (χ2n) is 3.31. The number of hydrogen-bond donors (Lipinski definition) is 1. The molecule has 18 heavy (non-hydrogen) atoms. The Morgan fingerprint density at radius 2 is 2.00 bits per heavy atom. The minimum atomic E-state index is -3.72. The Hall–Kier alpha value is -1.22. The van der Waals surface area contributed by atoms with Crippen LogP contribution >= 0.6 is 23.2 Å². The maximum atomic E-state index is 11.9. The number of carboxylic acid groups (broad SMARTS) is 1. The van der Waals surface area contributed by atoms with Crippen LogP contribution in [0.1, 0.15) is 16.8 Å². The summed E-state index contributed by atoms with van der Waals surface area (Å²) >= 11 is 11.4. The van der Waals surface area contributed by atoms with E-state index in [1.807, 2.05) is 0 Å². The van der Waals surface area contributed by atoms with Crippen LogP contribution in [0, 0.1) is 12.3 Å². The zero-order valence-corrected chi connectivity index (χ0v) is 11.3. The number of carbonyl (C=O) groups is 1. The first-order valence-electron chi connectivity index (χ1n) is 4.68. The second-order valence-corrected chi connectivity index (χ2v) is 6.18. The first-order chi connectivity index (χ1) is 8.31. The quantitative estimate of drug-likeness (QED) is 0.868. The number of benzene rings is 1. The van der Waals surface area contributed by atoms with Crippen LogP contribution in [0.5, 0.6) is 0 Å². The monoisotopic (exact) mass is 306 g/mol. The van der Waals surface area contributed by atoms with Crippen LogP contribution in [0.2, 0.25) is 10.0 Å². The van der Waals surface area contributed by atoms with E-state index < -0.39 is 26.4 Å². The Kier molecular flexibility index (Phi) is 4.63. The third-order valence-electron chi connectivity index (χ3n) is 2.12. The molecule has 0 aromatic heterocycles. The summed E-state index contributed by atoms with van der Waals surface area (Å²) in [7, 11) is -3.72. The van der Waals surface area contributed by atoms with Crippen LogP contribution in [0.25, 0.3) is 0 Å². The molecule has 1 rings (SSSR count). The predicted molar refractivity (Wildman–Crippen MR) is 68.9 cm³/mol. The van der Waals surface area contributed by atoms with Crippen LogP contribution in [0.4, 0.5) is 0 Å². The fourth-order valence-electron chi connectivity index (χ4n) is 1.27. The van der Waals surface area contributed by atoms with Crippen molar-refractivity contribution in [1.82, 2.24) is 0 Å². The Balaban J connectivity index is 3.41. The topological polar surface area (TPSA) is 71.4 Å². The molecule has 0 fully saturated rings. The smallest absolute Gasteiger partial charge is 0.338 e. The summed E-state index contributed by atoms with van der Waals surface area (Å²) in [5.74, 6) is 0.506. The summed E-state index contributed by atoms with van der Waals surface area (Å²) < 4.78 is 23.8. The third-order valence-corrected chi connectivity index (χ3v) is 4.69. The highest BCUT2D eigenvalue weighted by molar-refractivity contribution is 7.91. The van der Waals surface area contributed by atoms with Gasteiger partial charge in [-0.15, -0.1) is 12.3 Å². The maximum absolute atomic E-state index is 11.9. The molecule has 1 aromatic rings. The Morgan fingerprint density at radius 3 is 2.50 bits per heavy atom. The standard InChI is InChI=1S/C11H8Cl2O4S/c1-2-3-6-18(16,17)8-5-4-7(12)9(10(8)13)11(14)15/h1,4-5H,3,6H2,(H,14,15). The van der Waals surface area contributed by atoms with Gasteiger partial charge >= 0.3 is 5.97 Å². The van der Waals surface area contributed by atoms with Gasteiger partial charge in [-0.05, 0) is 12.1 Å². The van der Waals surface area contributed by atoms with E-state index in [0.717, 1.165) is 0 Å². The molecule has 1 N–H and O–H groups in total. The fourth-order valence-corrected chi connectivity index (χ4v) is 3.41. The van der Waals surface area contributed by atoms with Crippen LogP contribution in [-0.4, -0.2) is 25.2 Å². The number of rotatable bonds is 4. The Morgan fingerprint density at radius 1 is 1.39 bits per heavy atom. The van der Waals surface area contributed by atoms with Crippen LogP contribution in [0.3, 0.4) is 0 Å². The van der Waals surface area contributed by atoms with Crippen LogP contribution in [-0.2, 0) is 9.84 Å². The first kappa shape index (κ1) is 14.8. The normalized spacial score (nSPS) is 10.9. The molecular weight excluding hydrogens is 299 g/mol. The van der Waals surface area contributed by atoms with Crippen molar-refractivity contribution in [3.63, 3.8) is 0 Å². The lowest BCUT2D eigenvalue weighted by Crippen LogP contribution is -2.10. The van der Waals surface area contributed by atoms with E-state index in [2.05, 4.69) is 5.92 Å². The van der Waals surface area contributed by atoms with Gasteiger partial charge in [0.1, 0.15) is 0 Å². The number of halogens is 2. The molecule has 0 aliphatic heterocycles. The van der Waals surface area contributed by atoms with Gasteiger partial charge in [-0.1, -0.05) is 23.2 Å². The second kappa shape index (κ2) is 5.61. The Labute approximate surface area is 114 Å². The molecule has 0 saturated carbocycles. The van der Waals surface area contributed by atoms with Crippen molar-refractivity contribution >= 4 is 39.0 Å². The summed E-state index contributed by atoms with van der Waals surface area (Å²) in [4.78, 5) is 10.7. The lowest BCUT2D eigenvalue weighted by atomic mass is 10.2. The third kappa shape index (κ3) is 2.96. The maximum Gasteiger partial charge on any atom is 0.338 e. The van der Waals surface area contributed by atoms with E-state index in [9.17, 15) is 13.2 Å². The van der Waals surface area contributed by atoms with E-state index in [4.69, 9.17) is 34.7 Å². The molecule has 0 aliphatic carbocycles. The van der Waals surface area contributed by atoms with Gasteiger partial charge in [-0.2, -0.15) is 0 Å². The molecule has 0 unspecified atom stereocenters. The molecule has 0 spiro atoms. The molecule has 0 heterocycles. The van der Waals surface area contributed by atoms with Crippen molar-refractivity contribution in [2.24, 2.45) is 0 Å². The molecule has 0 radical (unpaired) electrons. The van der Waals surface area contributed by atoms with Crippen LogP contribution < -0.4 is 0 Å². The van der Waals surface area contributed by atoms with Gasteiger partial charge < -0.3 is 5.11 Å². The minimum absolute atomic E-state index is 0.0176. The number of aromatic carboxylic acids is 1. The van der Waals surface area contributed by atoms with Crippen molar-refractivity contribution in [2.45, 2.75) is 11.3 Å². The van der Waals surface area contributed by atoms with Crippen molar-refractivity contribution in [3.8, 4) is 12.3 Å². The zero-order valence-electron chi connectivity index (χ0n) is 8.98. The van der Waals surface area contributed by atoms with E-state index in [-0.39, 0.29) is 22.1 Å². The zero-order chi connectivity index (χ0) is 13.9.